The summed E-state index contributed by atoms with van der Waals surface area (Å²) in [5, 5.41) is 2.57. The number of ether oxygens (including phenoxy) is 1. The summed E-state index contributed by atoms with van der Waals surface area (Å²) in [5.41, 5.74) is 0.304. The lowest BCUT2D eigenvalue weighted by atomic mass is 10.2. The molecule has 0 spiro atoms. The maximum absolute atomic E-state index is 12.8. The summed E-state index contributed by atoms with van der Waals surface area (Å²) in [7, 11) is -3.78. The number of hydrogen-bond acceptors (Lipinski definition) is 5. The van der Waals surface area contributed by atoms with Gasteiger partial charge in [-0.15, -0.1) is 11.8 Å². The average Bonchev–Trinajstić information content (AvgIpc) is 2.73. The molecule has 1 fully saturated rings. The Hall–Kier alpha value is -2.08. The highest BCUT2D eigenvalue weighted by atomic mass is 32.2. The third-order valence-electron chi connectivity index (χ3n) is 4.23. The van der Waals surface area contributed by atoms with Crippen molar-refractivity contribution in [1.82, 2.24) is 4.31 Å². The molecule has 1 N–H and O–H groups in total. The molecule has 0 aliphatic carbocycles. The summed E-state index contributed by atoms with van der Waals surface area (Å²) in [5.74, 6) is -1.71. The van der Waals surface area contributed by atoms with Crippen LogP contribution in [-0.2, 0) is 14.8 Å². The highest BCUT2D eigenvalue weighted by molar-refractivity contribution is 7.99. The van der Waals surface area contributed by atoms with Gasteiger partial charge < -0.3 is 10.1 Å². The molecular formula is C19H19F3N2O4S2. The molecule has 1 heterocycles. The highest BCUT2D eigenvalue weighted by Gasteiger charge is 2.28. The first kappa shape index (κ1) is 22.6. The summed E-state index contributed by atoms with van der Waals surface area (Å²) in [6.07, 6.45) is -4.34. The van der Waals surface area contributed by atoms with Gasteiger partial charge in [0.25, 0.3) is 5.91 Å². The van der Waals surface area contributed by atoms with Gasteiger partial charge in [-0.2, -0.15) is 17.5 Å². The predicted molar refractivity (Wildman–Crippen MR) is 107 cm³/mol. The molecule has 0 radical (unpaired) electrons. The Morgan fingerprint density at radius 3 is 2.50 bits per heavy atom. The number of morpholine rings is 1. The highest BCUT2D eigenvalue weighted by Crippen LogP contribution is 2.32. The van der Waals surface area contributed by atoms with Crippen LogP contribution in [-0.4, -0.2) is 56.9 Å². The second kappa shape index (κ2) is 9.38. The molecule has 11 heteroatoms. The van der Waals surface area contributed by atoms with E-state index in [0.717, 1.165) is 0 Å². The lowest BCUT2D eigenvalue weighted by molar-refractivity contribution is -0.105. The number of carbonyl (C=O) groups is 1. The number of amides is 1. The Morgan fingerprint density at radius 2 is 1.80 bits per heavy atom. The molecule has 30 heavy (non-hydrogen) atoms. The fourth-order valence-corrected chi connectivity index (χ4v) is 5.01. The van der Waals surface area contributed by atoms with Gasteiger partial charge in [0.2, 0.25) is 10.0 Å². The van der Waals surface area contributed by atoms with Crippen molar-refractivity contribution in [1.29, 1.82) is 0 Å². The van der Waals surface area contributed by atoms with Crippen LogP contribution in [0.2, 0.25) is 0 Å². The Balaban J connectivity index is 1.78. The molecule has 1 aliphatic heterocycles. The van der Waals surface area contributed by atoms with Crippen LogP contribution in [0.25, 0.3) is 0 Å². The number of halogens is 3. The largest absolute Gasteiger partial charge is 0.398 e. The molecule has 1 amide bonds. The SMILES string of the molecule is O=C(Nc1ccccc1SCC(F)(F)F)c1cccc(S(=O)(=O)N2CCOCC2)c1. The fourth-order valence-electron chi connectivity index (χ4n) is 2.78. The van der Waals surface area contributed by atoms with Crippen LogP contribution < -0.4 is 5.32 Å². The van der Waals surface area contributed by atoms with Gasteiger partial charge in [-0.1, -0.05) is 18.2 Å². The Labute approximate surface area is 176 Å². The number of carbonyl (C=O) groups excluding carboxylic acids is 1. The Bertz CT molecular complexity index is 1010. The number of para-hydroxylation sites is 1. The number of benzene rings is 2. The molecule has 0 aromatic heterocycles. The van der Waals surface area contributed by atoms with E-state index < -0.39 is 27.9 Å². The molecule has 0 atom stereocenters. The third-order valence-corrected chi connectivity index (χ3v) is 7.26. The van der Waals surface area contributed by atoms with Gasteiger partial charge in [-0.05, 0) is 30.3 Å². The average molecular weight is 460 g/mol. The maximum atomic E-state index is 12.8. The molecule has 0 bridgehead atoms. The van der Waals surface area contributed by atoms with Crippen molar-refractivity contribution in [2.24, 2.45) is 0 Å². The molecule has 1 saturated heterocycles. The third kappa shape index (κ3) is 5.75. The van der Waals surface area contributed by atoms with Crippen molar-refractivity contribution in [3.8, 4) is 0 Å². The number of alkyl halides is 3. The molecule has 0 unspecified atom stereocenters. The van der Waals surface area contributed by atoms with Crippen molar-refractivity contribution < 1.29 is 31.1 Å². The van der Waals surface area contributed by atoms with Gasteiger partial charge >= 0.3 is 6.18 Å². The van der Waals surface area contributed by atoms with Gasteiger partial charge in [0.05, 0.1) is 29.5 Å². The van der Waals surface area contributed by atoms with Crippen LogP contribution >= 0.6 is 11.8 Å². The number of nitrogens with one attached hydrogen (secondary N) is 1. The molecule has 1 aliphatic rings. The number of sulfonamides is 1. The lowest BCUT2D eigenvalue weighted by Gasteiger charge is -2.26. The summed E-state index contributed by atoms with van der Waals surface area (Å²) < 4.78 is 69.6. The number of nitrogens with zero attached hydrogens (tertiary/aromatic N) is 1. The zero-order chi connectivity index (χ0) is 21.8. The molecule has 3 rings (SSSR count). The van der Waals surface area contributed by atoms with Gasteiger partial charge in [-0.25, -0.2) is 8.42 Å². The standard InChI is InChI=1S/C19H19F3N2O4S2/c20-19(21,22)13-29-17-7-2-1-6-16(17)23-18(25)14-4-3-5-15(12-14)30(26,27)24-8-10-28-11-9-24/h1-7,12H,8-11,13H2,(H,23,25). The van der Waals surface area contributed by atoms with E-state index in [0.29, 0.717) is 25.0 Å². The van der Waals surface area contributed by atoms with Crippen molar-refractivity contribution in [3.63, 3.8) is 0 Å². The minimum atomic E-state index is -4.34. The van der Waals surface area contributed by atoms with E-state index in [2.05, 4.69) is 5.32 Å². The van der Waals surface area contributed by atoms with Crippen LogP contribution in [0, 0.1) is 0 Å². The minimum Gasteiger partial charge on any atom is -0.379 e. The molecule has 162 valence electrons. The van der Waals surface area contributed by atoms with Crippen LogP contribution in [0.15, 0.2) is 58.3 Å². The van der Waals surface area contributed by atoms with E-state index >= 15 is 0 Å². The second-order valence-corrected chi connectivity index (χ2v) is 9.35. The molecular weight excluding hydrogens is 441 g/mol. The predicted octanol–water partition coefficient (Wildman–Crippen LogP) is 3.61. The summed E-state index contributed by atoms with van der Waals surface area (Å²) in [6, 6.07) is 11.7. The van der Waals surface area contributed by atoms with Gasteiger partial charge in [0.1, 0.15) is 0 Å². The van der Waals surface area contributed by atoms with Gasteiger partial charge in [0, 0.05) is 23.5 Å². The number of hydrogen-bond donors (Lipinski definition) is 1. The first-order chi connectivity index (χ1) is 14.2. The topological polar surface area (TPSA) is 75.7 Å². The van der Waals surface area contributed by atoms with Gasteiger partial charge in [-0.3, -0.25) is 4.79 Å². The van der Waals surface area contributed by atoms with Crippen LogP contribution in [0.4, 0.5) is 18.9 Å². The lowest BCUT2D eigenvalue weighted by Crippen LogP contribution is -2.40. The van der Waals surface area contributed by atoms with Gasteiger partial charge in [0.15, 0.2) is 0 Å². The minimum absolute atomic E-state index is 0.0308. The fraction of sp³-hybridized carbons (Fsp3) is 0.316. The second-order valence-electron chi connectivity index (χ2n) is 6.40. The van der Waals surface area contributed by atoms with Crippen LogP contribution in [0.1, 0.15) is 10.4 Å². The number of anilines is 1. The zero-order valence-corrected chi connectivity index (χ0v) is 17.3. The van der Waals surface area contributed by atoms with Crippen molar-refractivity contribution in [3.05, 3.63) is 54.1 Å². The maximum Gasteiger partial charge on any atom is 0.398 e. The van der Waals surface area contributed by atoms with E-state index in [4.69, 9.17) is 4.74 Å². The van der Waals surface area contributed by atoms with Crippen molar-refractivity contribution in [2.45, 2.75) is 16.0 Å². The molecule has 2 aromatic carbocycles. The Kier molecular flexibility index (Phi) is 7.06. The quantitative estimate of drug-likeness (QED) is 0.667. The molecule has 6 nitrogen and oxygen atoms in total. The van der Waals surface area contributed by atoms with E-state index in [-0.39, 0.29) is 34.1 Å². The zero-order valence-electron chi connectivity index (χ0n) is 15.7. The van der Waals surface area contributed by atoms with Crippen LogP contribution in [0.5, 0.6) is 0 Å². The first-order valence-electron chi connectivity index (χ1n) is 8.95. The Morgan fingerprint density at radius 1 is 1.10 bits per heavy atom. The first-order valence-corrected chi connectivity index (χ1v) is 11.4. The van der Waals surface area contributed by atoms with E-state index in [1.54, 1.807) is 12.1 Å². The van der Waals surface area contributed by atoms with E-state index in [9.17, 15) is 26.4 Å². The summed E-state index contributed by atoms with van der Waals surface area (Å²) in [4.78, 5) is 12.9. The number of thioether (sulfide) groups is 1. The monoisotopic (exact) mass is 460 g/mol. The van der Waals surface area contributed by atoms with Crippen LogP contribution in [0.3, 0.4) is 0 Å². The van der Waals surface area contributed by atoms with E-state index in [1.165, 1.54) is 40.7 Å². The normalized spacial score (nSPS) is 15.7. The molecule has 0 saturated carbocycles. The smallest absolute Gasteiger partial charge is 0.379 e. The summed E-state index contributed by atoms with van der Waals surface area (Å²) in [6.45, 7) is 1.04. The summed E-state index contributed by atoms with van der Waals surface area (Å²) >= 11 is 0.563. The molecule has 2 aromatic rings. The van der Waals surface area contributed by atoms with E-state index in [1.807, 2.05) is 0 Å². The van der Waals surface area contributed by atoms with Crippen molar-refractivity contribution >= 4 is 33.4 Å². The number of rotatable bonds is 6. The van der Waals surface area contributed by atoms with Crippen molar-refractivity contribution in [2.75, 3.05) is 37.4 Å².